The van der Waals surface area contributed by atoms with Gasteiger partial charge >= 0.3 is 0 Å². The predicted octanol–water partition coefficient (Wildman–Crippen LogP) is 2.63. The zero-order valence-corrected chi connectivity index (χ0v) is 15.1. The van der Waals surface area contributed by atoms with Crippen molar-refractivity contribution in [3.63, 3.8) is 0 Å². The van der Waals surface area contributed by atoms with Gasteiger partial charge in [-0.05, 0) is 53.1 Å². The molecule has 0 aliphatic carbocycles. The number of benzene rings is 1. The number of ether oxygens (including phenoxy) is 1. The first-order chi connectivity index (χ1) is 13.3. The van der Waals surface area contributed by atoms with Crippen molar-refractivity contribution in [1.82, 2.24) is 20.6 Å². The summed E-state index contributed by atoms with van der Waals surface area (Å²) < 4.78 is 5.21. The van der Waals surface area contributed by atoms with Crippen molar-refractivity contribution >= 4 is 5.91 Å². The summed E-state index contributed by atoms with van der Waals surface area (Å²) in [5, 5.41) is 6.32. The molecule has 1 unspecified atom stereocenters. The normalized spacial score (nSPS) is 11.6. The number of nitrogens with zero attached hydrogens (tertiary/aromatic N) is 2. The molecular weight excluding hydrogens is 340 g/mol. The van der Waals surface area contributed by atoms with Gasteiger partial charge in [-0.3, -0.25) is 20.1 Å². The van der Waals surface area contributed by atoms with Crippen LogP contribution in [0.4, 0.5) is 0 Å². The van der Waals surface area contributed by atoms with Gasteiger partial charge in [-0.1, -0.05) is 12.1 Å². The summed E-state index contributed by atoms with van der Waals surface area (Å²) in [5.41, 5.74) is 2.93. The lowest BCUT2D eigenvalue weighted by molar-refractivity contribution is -0.123. The molecule has 6 heteroatoms. The standard InChI is InChI=1S/C21H22N4O2/c1-27-19-4-2-18(3-5-19)20(24-14-16-6-10-22-11-7-16)21(26)25-15-17-8-12-23-13-9-17/h2-13,20,24H,14-15H2,1H3,(H,25,26). The molecule has 2 heterocycles. The van der Waals surface area contributed by atoms with Crippen LogP contribution in [0.1, 0.15) is 22.7 Å². The molecule has 138 valence electrons. The molecule has 3 rings (SSSR count). The van der Waals surface area contributed by atoms with Crippen molar-refractivity contribution in [2.24, 2.45) is 0 Å². The maximum atomic E-state index is 12.9. The highest BCUT2D eigenvalue weighted by Gasteiger charge is 2.20. The topological polar surface area (TPSA) is 76.1 Å². The van der Waals surface area contributed by atoms with Crippen LogP contribution in [0.2, 0.25) is 0 Å². The van der Waals surface area contributed by atoms with Gasteiger partial charge in [0.25, 0.3) is 0 Å². The molecule has 0 aliphatic heterocycles. The Bertz CT molecular complexity index is 839. The molecule has 0 radical (unpaired) electrons. The number of pyridine rings is 2. The molecule has 2 N–H and O–H groups in total. The average Bonchev–Trinajstić information content (AvgIpc) is 2.74. The van der Waals surface area contributed by atoms with Gasteiger partial charge < -0.3 is 10.1 Å². The molecule has 27 heavy (non-hydrogen) atoms. The highest BCUT2D eigenvalue weighted by atomic mass is 16.5. The van der Waals surface area contributed by atoms with Crippen molar-refractivity contribution in [3.05, 3.63) is 90.0 Å². The van der Waals surface area contributed by atoms with Gasteiger partial charge in [-0.25, -0.2) is 0 Å². The molecule has 0 saturated carbocycles. The lowest BCUT2D eigenvalue weighted by Crippen LogP contribution is -2.37. The van der Waals surface area contributed by atoms with Crippen LogP contribution >= 0.6 is 0 Å². The number of aromatic nitrogens is 2. The SMILES string of the molecule is COc1ccc(C(NCc2ccncc2)C(=O)NCc2ccncc2)cc1. The van der Waals surface area contributed by atoms with E-state index in [9.17, 15) is 4.79 Å². The first kappa shape index (κ1) is 18.5. The van der Waals surface area contributed by atoms with Gasteiger partial charge in [-0.2, -0.15) is 0 Å². The van der Waals surface area contributed by atoms with Crippen LogP contribution in [0.3, 0.4) is 0 Å². The molecule has 1 atom stereocenters. The Morgan fingerprint density at radius 1 is 0.889 bits per heavy atom. The largest absolute Gasteiger partial charge is 0.497 e. The van der Waals surface area contributed by atoms with Gasteiger partial charge in [0.2, 0.25) is 5.91 Å². The average molecular weight is 362 g/mol. The van der Waals surface area contributed by atoms with Crippen molar-refractivity contribution < 1.29 is 9.53 Å². The quantitative estimate of drug-likeness (QED) is 0.644. The van der Waals surface area contributed by atoms with Crippen molar-refractivity contribution in [3.8, 4) is 5.75 Å². The molecule has 3 aromatic rings. The minimum atomic E-state index is -0.481. The zero-order valence-electron chi connectivity index (χ0n) is 15.1. The smallest absolute Gasteiger partial charge is 0.242 e. The van der Waals surface area contributed by atoms with Crippen LogP contribution in [0.25, 0.3) is 0 Å². The number of hydrogen-bond acceptors (Lipinski definition) is 5. The van der Waals surface area contributed by atoms with Gasteiger partial charge in [-0.15, -0.1) is 0 Å². The van der Waals surface area contributed by atoms with Crippen LogP contribution in [0, 0.1) is 0 Å². The van der Waals surface area contributed by atoms with Crippen LogP contribution in [0.5, 0.6) is 5.75 Å². The van der Waals surface area contributed by atoms with E-state index in [1.54, 1.807) is 31.9 Å². The highest BCUT2D eigenvalue weighted by Crippen LogP contribution is 2.19. The van der Waals surface area contributed by atoms with Crippen molar-refractivity contribution in [1.29, 1.82) is 0 Å². The number of hydrogen-bond donors (Lipinski definition) is 2. The second-order valence-electron chi connectivity index (χ2n) is 6.02. The molecule has 0 fully saturated rings. The van der Waals surface area contributed by atoms with Gasteiger partial charge in [0.1, 0.15) is 11.8 Å². The molecule has 0 spiro atoms. The van der Waals surface area contributed by atoms with Gasteiger partial charge in [0.15, 0.2) is 0 Å². The van der Waals surface area contributed by atoms with Crippen LogP contribution in [0.15, 0.2) is 73.3 Å². The summed E-state index contributed by atoms with van der Waals surface area (Å²) in [7, 11) is 1.62. The van der Waals surface area contributed by atoms with Crippen LogP contribution < -0.4 is 15.4 Å². The van der Waals surface area contributed by atoms with E-state index in [-0.39, 0.29) is 5.91 Å². The Kier molecular flexibility index (Phi) is 6.49. The highest BCUT2D eigenvalue weighted by molar-refractivity contribution is 5.83. The third kappa shape index (κ3) is 5.36. The Labute approximate surface area is 158 Å². The number of rotatable bonds is 8. The molecular formula is C21H22N4O2. The van der Waals surface area contributed by atoms with E-state index in [0.717, 1.165) is 22.4 Å². The molecule has 1 aromatic carbocycles. The Hall–Kier alpha value is -3.25. The Balaban J connectivity index is 1.72. The Morgan fingerprint density at radius 3 is 2.00 bits per heavy atom. The minimum Gasteiger partial charge on any atom is -0.497 e. The van der Waals surface area contributed by atoms with E-state index in [1.807, 2.05) is 48.5 Å². The molecule has 6 nitrogen and oxygen atoms in total. The maximum Gasteiger partial charge on any atom is 0.242 e. The fraction of sp³-hybridized carbons (Fsp3) is 0.190. The maximum absolute atomic E-state index is 12.9. The van der Waals surface area contributed by atoms with E-state index in [2.05, 4.69) is 20.6 Å². The first-order valence-electron chi connectivity index (χ1n) is 8.69. The van der Waals surface area contributed by atoms with E-state index in [1.165, 1.54) is 0 Å². The Morgan fingerprint density at radius 2 is 1.44 bits per heavy atom. The zero-order chi connectivity index (χ0) is 18.9. The second-order valence-corrected chi connectivity index (χ2v) is 6.02. The summed E-state index contributed by atoms with van der Waals surface area (Å²) in [6.45, 7) is 1.01. The van der Waals surface area contributed by atoms with Crippen LogP contribution in [-0.2, 0) is 17.9 Å². The number of carbonyl (C=O) groups is 1. The molecule has 1 amide bonds. The third-order valence-electron chi connectivity index (χ3n) is 4.19. The molecule has 2 aromatic heterocycles. The molecule has 0 saturated heterocycles. The summed E-state index contributed by atoms with van der Waals surface area (Å²) in [6, 6.07) is 14.6. The number of methoxy groups -OCH3 is 1. The fourth-order valence-corrected chi connectivity index (χ4v) is 2.67. The lowest BCUT2D eigenvalue weighted by Gasteiger charge is -2.19. The fourth-order valence-electron chi connectivity index (χ4n) is 2.67. The first-order valence-corrected chi connectivity index (χ1v) is 8.69. The second kappa shape index (κ2) is 9.45. The summed E-state index contributed by atoms with van der Waals surface area (Å²) in [5.74, 6) is 0.662. The van der Waals surface area contributed by atoms with E-state index in [0.29, 0.717) is 13.1 Å². The van der Waals surface area contributed by atoms with Crippen molar-refractivity contribution in [2.75, 3.05) is 7.11 Å². The monoisotopic (exact) mass is 362 g/mol. The summed E-state index contributed by atoms with van der Waals surface area (Å²) >= 11 is 0. The van der Waals surface area contributed by atoms with Crippen molar-refractivity contribution in [2.45, 2.75) is 19.1 Å². The molecule has 0 aliphatic rings. The minimum absolute atomic E-state index is 0.0916. The third-order valence-corrected chi connectivity index (χ3v) is 4.19. The van der Waals surface area contributed by atoms with E-state index in [4.69, 9.17) is 4.74 Å². The molecule has 0 bridgehead atoms. The van der Waals surface area contributed by atoms with Crippen LogP contribution in [-0.4, -0.2) is 23.0 Å². The number of carbonyl (C=O) groups excluding carboxylic acids is 1. The van der Waals surface area contributed by atoms with Gasteiger partial charge in [0.05, 0.1) is 7.11 Å². The van der Waals surface area contributed by atoms with E-state index < -0.39 is 6.04 Å². The summed E-state index contributed by atoms with van der Waals surface area (Å²) in [6.07, 6.45) is 6.90. The van der Waals surface area contributed by atoms with Gasteiger partial charge in [0, 0.05) is 37.9 Å². The van der Waals surface area contributed by atoms with E-state index >= 15 is 0 Å². The number of amides is 1. The predicted molar refractivity (Wildman–Crippen MR) is 103 cm³/mol. The lowest BCUT2D eigenvalue weighted by atomic mass is 10.1. The number of nitrogens with one attached hydrogen (secondary N) is 2. The summed E-state index contributed by atoms with van der Waals surface area (Å²) in [4.78, 5) is 20.9.